The molecule has 9 rings (SSSR count). The van der Waals surface area contributed by atoms with Crippen molar-refractivity contribution in [1.82, 2.24) is 0 Å². The molecule has 0 saturated heterocycles. The van der Waals surface area contributed by atoms with Crippen molar-refractivity contribution in [2.75, 3.05) is 0 Å². The summed E-state index contributed by atoms with van der Waals surface area (Å²) < 4.78 is 241. The fourth-order valence-corrected chi connectivity index (χ4v) is 5.30. The lowest BCUT2D eigenvalue weighted by atomic mass is 9.84. The van der Waals surface area contributed by atoms with Crippen molar-refractivity contribution in [1.29, 1.82) is 0 Å². The highest BCUT2D eigenvalue weighted by atomic mass is 14.2. The minimum atomic E-state index is -1.03. The molecule has 0 spiro atoms. The van der Waals surface area contributed by atoms with Crippen LogP contribution < -0.4 is 0 Å². The highest BCUT2D eigenvalue weighted by Gasteiger charge is 2.17. The summed E-state index contributed by atoms with van der Waals surface area (Å²) in [5, 5.41) is -5.51. The number of hydrogen-bond donors (Lipinski definition) is 0. The van der Waals surface area contributed by atoms with Gasteiger partial charge in [0.05, 0.1) is 37.0 Å². The Labute approximate surface area is 294 Å². The quantitative estimate of drug-likeness (QED) is 0.143. The molecule has 0 radical (unpaired) electrons. The van der Waals surface area contributed by atoms with E-state index in [9.17, 15) is 12.3 Å². The molecule has 44 heavy (non-hydrogen) atoms. The van der Waals surface area contributed by atoms with Gasteiger partial charge in [-0.05, 0) is 93.3 Å². The van der Waals surface area contributed by atoms with Crippen molar-refractivity contribution in [2.24, 2.45) is 0 Å². The van der Waals surface area contributed by atoms with E-state index < -0.39 is 234 Å². The van der Waals surface area contributed by atoms with Gasteiger partial charge in [-0.15, -0.1) is 0 Å². The van der Waals surface area contributed by atoms with Crippen molar-refractivity contribution in [3.63, 3.8) is 0 Å². The van der Waals surface area contributed by atoms with Crippen LogP contribution in [0.2, 0.25) is 0 Å². The molecule has 0 aromatic heterocycles. The topological polar surface area (TPSA) is 0 Å². The number of fused-ring (bicyclic) bond motifs is 6. The Morgan fingerprint density at radius 3 is 1.41 bits per heavy atom. The monoisotopic (exact) mass is 583 g/mol. The van der Waals surface area contributed by atoms with Crippen LogP contribution in [0.4, 0.5) is 0 Å². The van der Waals surface area contributed by atoms with Gasteiger partial charge in [0.2, 0.25) is 0 Å². The van der Waals surface area contributed by atoms with Gasteiger partial charge in [-0.1, -0.05) is 163 Å². The van der Waals surface area contributed by atoms with Gasteiger partial charge >= 0.3 is 0 Å². The predicted molar refractivity (Wildman–Crippen MR) is 190 cm³/mol. The van der Waals surface area contributed by atoms with Crippen molar-refractivity contribution >= 4 is 53.9 Å². The highest BCUT2D eigenvalue weighted by molar-refractivity contribution is 6.23. The summed E-state index contributed by atoms with van der Waals surface area (Å²) in [6.07, 6.45) is 0. The normalized spacial score (nSPS) is 20.2. The van der Waals surface area contributed by atoms with Crippen LogP contribution in [0.1, 0.15) is 37.0 Å². The summed E-state index contributed by atoms with van der Waals surface area (Å²) in [6, 6.07) is -22.7. The lowest BCUT2D eigenvalue weighted by Crippen LogP contribution is -1.91. The van der Waals surface area contributed by atoms with E-state index in [-0.39, 0.29) is 16.2 Å². The molecule has 0 fully saturated rings. The van der Waals surface area contributed by atoms with Crippen LogP contribution in [-0.4, -0.2) is 0 Å². The van der Waals surface area contributed by atoms with Crippen molar-refractivity contribution in [2.45, 2.75) is 0 Å². The molecule has 0 N–H and O–H groups in total. The average Bonchev–Trinajstić information content (AvgIpc) is 3.34. The average molecular weight is 584 g/mol. The van der Waals surface area contributed by atoms with E-state index in [4.69, 9.17) is 24.7 Å². The zero-order chi connectivity index (χ0) is 52.5. The van der Waals surface area contributed by atoms with Crippen molar-refractivity contribution in [3.8, 4) is 33.4 Å². The van der Waals surface area contributed by atoms with Crippen LogP contribution in [-0.2, 0) is 0 Å². The molecule has 0 unspecified atom stereocenters. The first-order chi connectivity index (χ1) is 33.1. The van der Waals surface area contributed by atoms with Gasteiger partial charge < -0.3 is 0 Å². The molecule has 9 aromatic rings. The number of hydrogen-bond acceptors (Lipinski definition) is 0. The van der Waals surface area contributed by atoms with Crippen molar-refractivity contribution in [3.05, 3.63) is 169 Å². The van der Waals surface area contributed by atoms with E-state index in [1.165, 1.54) is 0 Å². The Hall–Kier alpha value is -5.72. The van der Waals surface area contributed by atoms with Gasteiger partial charge in [0, 0.05) is 0 Å². The lowest BCUT2D eigenvalue weighted by molar-refractivity contribution is 1.63. The minimum absolute atomic E-state index is 0.329. The molecule has 0 heteroatoms. The second-order valence-corrected chi connectivity index (χ2v) is 9.60. The van der Waals surface area contributed by atoms with E-state index in [2.05, 4.69) is 0 Å². The Kier molecular flexibility index (Phi) is 2.24. The molecule has 0 atom stereocenters. The molecule has 0 nitrogen and oxygen atoms in total. The fourth-order valence-electron chi connectivity index (χ4n) is 5.30. The Morgan fingerprint density at radius 1 is 0.273 bits per heavy atom. The summed E-state index contributed by atoms with van der Waals surface area (Å²) in [6.45, 7) is 0. The largest absolute Gasteiger partial charge is 0.0630 e. The molecule has 0 aliphatic heterocycles. The molecule has 0 aliphatic carbocycles. The summed E-state index contributed by atoms with van der Waals surface area (Å²) in [5.41, 5.74) is -4.11. The first-order valence-electron chi connectivity index (χ1n) is 26.6. The number of rotatable bonds is 3. The van der Waals surface area contributed by atoms with Crippen LogP contribution >= 0.6 is 0 Å². The van der Waals surface area contributed by atoms with Gasteiger partial charge in [-0.25, -0.2) is 0 Å². The van der Waals surface area contributed by atoms with Crippen LogP contribution in [0, 0.1) is 0 Å². The summed E-state index contributed by atoms with van der Waals surface area (Å²) in [4.78, 5) is 0. The molecule has 9 aromatic carbocycles. The third-order valence-electron chi connectivity index (χ3n) is 7.22. The summed E-state index contributed by atoms with van der Waals surface area (Å²) in [7, 11) is 0. The van der Waals surface area contributed by atoms with E-state index >= 15 is 0 Å². The number of benzene rings is 9. The van der Waals surface area contributed by atoms with Gasteiger partial charge in [0.25, 0.3) is 0 Å². The third-order valence-corrected chi connectivity index (χ3v) is 7.22. The van der Waals surface area contributed by atoms with Gasteiger partial charge in [-0.2, -0.15) is 0 Å². The van der Waals surface area contributed by atoms with E-state index in [1.807, 2.05) is 0 Å². The maximum absolute atomic E-state index is 9.53. The third kappa shape index (κ3) is 3.85. The molecule has 0 amide bonds. The Balaban J connectivity index is 1.52. The molecule has 0 bridgehead atoms. The van der Waals surface area contributed by atoms with Crippen LogP contribution in [0.5, 0.6) is 0 Å². The molecule has 0 saturated carbocycles. The molecule has 0 aliphatic rings. The van der Waals surface area contributed by atoms with E-state index in [1.54, 1.807) is 0 Å². The van der Waals surface area contributed by atoms with Gasteiger partial charge in [-0.3, -0.25) is 0 Å². The highest BCUT2D eigenvalue weighted by Crippen LogP contribution is 2.45. The van der Waals surface area contributed by atoms with Crippen LogP contribution in [0.15, 0.2) is 169 Å². The first-order valence-corrected chi connectivity index (χ1v) is 13.1. The van der Waals surface area contributed by atoms with Crippen LogP contribution in [0.25, 0.3) is 87.2 Å². The van der Waals surface area contributed by atoms with Crippen LogP contribution in [0.3, 0.4) is 0 Å². The standard InChI is InChI=1S/C44H28/c1-4-14-36-30(10-1)12-9-19-38(36)44-41-17-7-5-15-39(41)43(40-16-6-8-18-42(40)44)32-23-20-29(21-24-32)33-26-27-37-34(28-33)25-22-31-11-2-3-13-35(31)37/h1-28H/i1D,2D,3D,4D,5D,6D,7D,8D,9D,10D,11D,12D,13D,14D,15D,16D,17D,18D,19D,20D,21D,22D,23D,24D,25D,26D,27D. The maximum Gasteiger partial charge on any atom is 0.0630 e. The fraction of sp³-hybridized carbons (Fsp3) is 0. The first kappa shape index (κ1) is 9.91. The summed E-state index contributed by atoms with van der Waals surface area (Å²) >= 11 is 0. The van der Waals surface area contributed by atoms with E-state index in [0.29, 0.717) is 0 Å². The van der Waals surface area contributed by atoms with E-state index in [0.717, 1.165) is 6.07 Å². The second-order valence-electron chi connectivity index (χ2n) is 9.60. The SMILES string of the molecule is [2H]c1c([2H])c(-c2c3c([2H])c([2H])c([2H])c([2H])c3c(-c3c([2H])c([2H])c([2H])c4c([2H])c([2H])c([2H])c([2H])c34)c3c([2H])c([2H])c([2H])c([2H])c23)c([2H])c([2H])c1-c1cc2c([2H])c([2H])c3c([2H])c([2H])c([2H])c([2H])c3c2c([2H])c1[2H]. The lowest BCUT2D eigenvalue weighted by Gasteiger charge is -2.19. The zero-order valence-corrected chi connectivity index (χ0v) is 22.1. The predicted octanol–water partition coefficient (Wildman–Crippen LogP) is 12.5. The Morgan fingerprint density at radius 2 is 0.727 bits per heavy atom. The molecule has 0 heterocycles. The second kappa shape index (κ2) is 9.93. The maximum atomic E-state index is 9.53. The van der Waals surface area contributed by atoms with Gasteiger partial charge in [0.15, 0.2) is 0 Å². The molecule has 204 valence electrons. The minimum Gasteiger partial charge on any atom is -0.0616 e. The summed E-state index contributed by atoms with van der Waals surface area (Å²) in [5.74, 6) is 0. The molecular formula is C44H28. The smallest absolute Gasteiger partial charge is 0.0616 e. The van der Waals surface area contributed by atoms with Gasteiger partial charge in [0.1, 0.15) is 0 Å². The zero-order valence-electron chi connectivity index (χ0n) is 49.1. The molecular weight excluding hydrogens is 528 g/mol. The van der Waals surface area contributed by atoms with Crippen molar-refractivity contribution < 1.29 is 37.0 Å². The Bertz CT molecular complexity index is 3950.